The molecule has 0 aliphatic carbocycles. The molecule has 2 aliphatic rings. The lowest BCUT2D eigenvalue weighted by Gasteiger charge is -2.13. The van der Waals surface area contributed by atoms with E-state index in [0.29, 0.717) is 22.2 Å². The second kappa shape index (κ2) is 7.78. The predicted molar refractivity (Wildman–Crippen MR) is 119 cm³/mol. The minimum Gasteiger partial charge on any atom is -0.364 e. The van der Waals surface area contributed by atoms with Gasteiger partial charge in [0.25, 0.3) is 5.91 Å². The number of thioether (sulfide) groups is 1. The number of halogens is 1. The number of allylic oxidation sites excluding steroid dienone is 1. The summed E-state index contributed by atoms with van der Waals surface area (Å²) in [5.74, 6) is 0.662. The zero-order valence-electron chi connectivity index (χ0n) is 15.5. The van der Waals surface area contributed by atoms with E-state index in [0.717, 1.165) is 20.7 Å². The molecule has 1 amide bonds. The third-order valence-electron chi connectivity index (χ3n) is 4.66. The summed E-state index contributed by atoms with van der Waals surface area (Å²) in [6.45, 7) is 2.46. The Kier molecular flexibility index (Phi) is 5.36. The van der Waals surface area contributed by atoms with Gasteiger partial charge in [0.05, 0.1) is 16.6 Å². The van der Waals surface area contributed by atoms with Crippen molar-refractivity contribution in [2.24, 2.45) is 0 Å². The molecule has 7 heteroatoms. The largest absolute Gasteiger partial charge is 0.364 e. The monoisotopic (exact) mass is 430 g/mol. The average Bonchev–Trinajstić information content (AvgIpc) is 3.18. The molecule has 1 saturated heterocycles. The maximum atomic E-state index is 13.1. The molecule has 2 aromatic rings. The summed E-state index contributed by atoms with van der Waals surface area (Å²) in [5.41, 5.74) is 1.69. The third kappa shape index (κ3) is 3.41. The van der Waals surface area contributed by atoms with Crippen molar-refractivity contribution in [1.82, 2.24) is 4.90 Å². The van der Waals surface area contributed by atoms with Crippen LogP contribution in [0.2, 0.25) is 5.02 Å². The Morgan fingerprint density at radius 1 is 1.25 bits per heavy atom. The van der Waals surface area contributed by atoms with Crippen LogP contribution in [0, 0.1) is 0 Å². The van der Waals surface area contributed by atoms with Gasteiger partial charge in [0.1, 0.15) is 4.20 Å². The number of benzene rings is 2. The minimum absolute atomic E-state index is 0.000792. The van der Waals surface area contributed by atoms with Crippen LogP contribution in [-0.2, 0) is 4.79 Å². The summed E-state index contributed by atoms with van der Waals surface area (Å²) in [6, 6.07) is 15.0. The number of amides is 1. The van der Waals surface area contributed by atoms with Gasteiger partial charge >= 0.3 is 0 Å². The highest BCUT2D eigenvalue weighted by molar-refractivity contribution is 8.37. The van der Waals surface area contributed by atoms with E-state index in [2.05, 4.69) is 4.90 Å². The molecule has 0 aromatic heterocycles. The number of hydrogen-bond acceptors (Lipinski definition) is 4. The standard InChI is InChI=1S/C21H19ClN2O2S2/c1-3-24-19(12-17(25)14-7-5-4-6-8-14)27-21(20(24)26)28-13-23(2)16-11-15(22)9-10-18(16)28/h4-12H,3,13H2,1-2H3. The fraction of sp³-hybridized carbons (Fsp3) is 0.190. The maximum absolute atomic E-state index is 13.1. The lowest BCUT2D eigenvalue weighted by Crippen LogP contribution is -2.26. The van der Waals surface area contributed by atoms with Gasteiger partial charge in [-0.2, -0.15) is 0 Å². The molecule has 144 valence electrons. The highest BCUT2D eigenvalue weighted by Crippen LogP contribution is 2.49. The normalized spacial score (nSPS) is 21.5. The molecule has 1 atom stereocenters. The Hall–Kier alpha value is -2.02. The Bertz CT molecular complexity index is 1030. The highest BCUT2D eigenvalue weighted by atomic mass is 35.5. The van der Waals surface area contributed by atoms with Gasteiger partial charge in [0.15, 0.2) is 5.78 Å². The number of rotatable bonds is 3. The summed E-state index contributed by atoms with van der Waals surface area (Å²) in [6.07, 6.45) is 1.58. The molecular formula is C21H19ClN2O2S2. The molecule has 2 aliphatic heterocycles. The van der Waals surface area contributed by atoms with Gasteiger partial charge in [-0.25, -0.2) is 0 Å². The lowest BCUT2D eigenvalue weighted by atomic mass is 10.1. The molecule has 2 aromatic carbocycles. The first-order valence-electron chi connectivity index (χ1n) is 8.89. The van der Waals surface area contributed by atoms with Crippen LogP contribution in [0.1, 0.15) is 17.3 Å². The smallest absolute Gasteiger partial charge is 0.271 e. The first-order valence-corrected chi connectivity index (χ1v) is 11.5. The number of fused-ring (bicyclic) bond motifs is 1. The summed E-state index contributed by atoms with van der Waals surface area (Å²) in [4.78, 5) is 30.7. The van der Waals surface area contributed by atoms with E-state index in [1.54, 1.807) is 23.1 Å². The lowest BCUT2D eigenvalue weighted by molar-refractivity contribution is -0.120. The van der Waals surface area contributed by atoms with E-state index in [9.17, 15) is 9.59 Å². The Morgan fingerprint density at radius 2 is 2.00 bits per heavy atom. The van der Waals surface area contributed by atoms with Gasteiger partial charge in [0, 0.05) is 35.2 Å². The molecule has 0 bridgehead atoms. The molecule has 0 saturated carbocycles. The minimum atomic E-state index is -0.345. The summed E-state index contributed by atoms with van der Waals surface area (Å²) in [7, 11) is 1.67. The van der Waals surface area contributed by atoms with Gasteiger partial charge < -0.3 is 9.80 Å². The van der Waals surface area contributed by atoms with Gasteiger partial charge in [0.2, 0.25) is 0 Å². The van der Waals surface area contributed by atoms with Gasteiger partial charge in [-0.1, -0.05) is 53.7 Å². The van der Waals surface area contributed by atoms with Crippen LogP contribution < -0.4 is 4.90 Å². The number of ketones is 1. The van der Waals surface area contributed by atoms with Crippen molar-refractivity contribution in [3.63, 3.8) is 0 Å². The second-order valence-electron chi connectivity index (χ2n) is 6.48. The molecule has 0 spiro atoms. The zero-order chi connectivity index (χ0) is 19.8. The molecule has 4 nitrogen and oxygen atoms in total. The average molecular weight is 431 g/mol. The maximum Gasteiger partial charge on any atom is 0.271 e. The van der Waals surface area contributed by atoms with Crippen molar-refractivity contribution in [1.29, 1.82) is 0 Å². The molecular weight excluding hydrogens is 412 g/mol. The first-order chi connectivity index (χ1) is 13.5. The Labute approximate surface area is 176 Å². The Balaban J connectivity index is 1.74. The topological polar surface area (TPSA) is 40.6 Å². The van der Waals surface area contributed by atoms with Gasteiger partial charge in [-0.3, -0.25) is 9.59 Å². The highest BCUT2D eigenvalue weighted by Gasteiger charge is 2.36. The van der Waals surface area contributed by atoms with Crippen LogP contribution in [0.15, 0.2) is 64.5 Å². The van der Waals surface area contributed by atoms with Crippen molar-refractivity contribution in [3.05, 3.63) is 70.2 Å². The van der Waals surface area contributed by atoms with E-state index < -0.39 is 0 Å². The summed E-state index contributed by atoms with van der Waals surface area (Å²) in [5, 5.41) is 1.39. The van der Waals surface area contributed by atoms with E-state index in [4.69, 9.17) is 11.6 Å². The zero-order valence-corrected chi connectivity index (χ0v) is 17.9. The van der Waals surface area contributed by atoms with Crippen LogP contribution in [0.5, 0.6) is 0 Å². The quantitative estimate of drug-likeness (QED) is 0.397. The van der Waals surface area contributed by atoms with E-state index in [-0.39, 0.29) is 22.2 Å². The van der Waals surface area contributed by atoms with Crippen molar-refractivity contribution in [3.8, 4) is 0 Å². The first kappa shape index (κ1) is 19.3. The van der Waals surface area contributed by atoms with E-state index in [1.165, 1.54) is 11.8 Å². The van der Waals surface area contributed by atoms with Crippen LogP contribution in [0.4, 0.5) is 5.69 Å². The molecule has 28 heavy (non-hydrogen) atoms. The van der Waals surface area contributed by atoms with Crippen LogP contribution >= 0.6 is 33.8 Å². The number of carbonyl (C=O) groups excluding carboxylic acids is 2. The van der Waals surface area contributed by atoms with Crippen molar-refractivity contribution < 1.29 is 9.59 Å². The summed E-state index contributed by atoms with van der Waals surface area (Å²) < 4.78 is 0.793. The second-order valence-corrected chi connectivity index (χ2v) is 10.1. The SMILES string of the molecule is CCN1C(=O)C(=S2CN(C)c3cc(Cl)ccc32)SC1=CC(=O)c1ccccc1. The Morgan fingerprint density at radius 3 is 2.71 bits per heavy atom. The molecule has 0 N–H and O–H groups in total. The third-order valence-corrected chi connectivity index (χ3v) is 8.80. The number of nitrogens with zero attached hydrogens (tertiary/aromatic N) is 2. The van der Waals surface area contributed by atoms with Crippen LogP contribution in [0.25, 0.3) is 0 Å². The summed E-state index contributed by atoms with van der Waals surface area (Å²) >= 11 is 7.58. The molecule has 4 rings (SSSR count). The van der Waals surface area contributed by atoms with E-state index >= 15 is 0 Å². The van der Waals surface area contributed by atoms with Gasteiger partial charge in [-0.15, -0.1) is 10.5 Å². The molecule has 1 fully saturated rings. The number of anilines is 1. The van der Waals surface area contributed by atoms with E-state index in [1.807, 2.05) is 50.4 Å². The molecule has 2 heterocycles. The van der Waals surface area contributed by atoms with Crippen LogP contribution in [-0.4, -0.2) is 40.3 Å². The van der Waals surface area contributed by atoms with Crippen molar-refractivity contribution in [2.45, 2.75) is 11.8 Å². The van der Waals surface area contributed by atoms with Gasteiger partial charge in [-0.05, 0) is 25.1 Å². The van der Waals surface area contributed by atoms with Crippen LogP contribution in [0.3, 0.4) is 0 Å². The number of carbonyl (C=O) groups is 2. The fourth-order valence-corrected chi connectivity index (χ4v) is 7.38. The molecule has 0 radical (unpaired) electrons. The van der Waals surface area contributed by atoms with Crippen molar-refractivity contribution in [2.75, 3.05) is 24.4 Å². The predicted octanol–water partition coefficient (Wildman–Crippen LogP) is 4.82. The molecule has 1 unspecified atom stereocenters. The van der Waals surface area contributed by atoms with Crippen molar-refractivity contribution >= 4 is 55.4 Å². The fourth-order valence-electron chi connectivity index (χ4n) is 3.25. The number of hydrogen-bond donors (Lipinski definition) is 0.